The lowest BCUT2D eigenvalue weighted by Gasteiger charge is -2.07. The molecule has 0 aliphatic rings. The molecule has 5 heteroatoms. The first-order chi connectivity index (χ1) is 9.75. The van der Waals surface area contributed by atoms with Crippen molar-refractivity contribution in [2.45, 2.75) is 0 Å². The van der Waals surface area contributed by atoms with Gasteiger partial charge in [0.1, 0.15) is 12.4 Å². The van der Waals surface area contributed by atoms with Crippen molar-refractivity contribution in [2.24, 2.45) is 10.7 Å². The maximum atomic E-state index is 5.98. The predicted molar refractivity (Wildman–Crippen MR) is 83.5 cm³/mol. The smallest absolute Gasteiger partial charge is 0.193 e. The number of hydrogen-bond donors (Lipinski definition) is 2. The van der Waals surface area contributed by atoms with Gasteiger partial charge in [0, 0.05) is 5.69 Å². The molecule has 0 spiro atoms. The summed E-state index contributed by atoms with van der Waals surface area (Å²) in [5, 5.41) is 3.59. The summed E-state index contributed by atoms with van der Waals surface area (Å²) < 4.78 is 5.52. The van der Waals surface area contributed by atoms with Gasteiger partial charge in [0.25, 0.3) is 0 Å². The number of aliphatic imine (C=N–C) groups is 1. The van der Waals surface area contributed by atoms with Crippen LogP contribution in [0.5, 0.6) is 5.75 Å². The molecule has 0 bridgehead atoms. The minimum atomic E-state index is 0.360. The molecule has 0 amide bonds. The molecule has 3 N–H and O–H groups in total. The molecule has 2 rings (SSSR count). The van der Waals surface area contributed by atoms with Gasteiger partial charge in [-0.1, -0.05) is 41.9 Å². The maximum Gasteiger partial charge on any atom is 0.193 e. The first-order valence-corrected chi connectivity index (χ1v) is 6.63. The van der Waals surface area contributed by atoms with Crippen LogP contribution in [0.4, 0.5) is 5.69 Å². The molecule has 0 atom stereocenters. The van der Waals surface area contributed by atoms with E-state index in [1.807, 2.05) is 48.5 Å². The Morgan fingerprint density at radius 1 is 1.10 bits per heavy atom. The van der Waals surface area contributed by atoms with Gasteiger partial charge in [-0.15, -0.1) is 0 Å². The molecular formula is C15H16ClN3O. The summed E-state index contributed by atoms with van der Waals surface area (Å²) in [6.07, 6.45) is 0. The van der Waals surface area contributed by atoms with Crippen LogP contribution in [-0.4, -0.2) is 19.1 Å². The van der Waals surface area contributed by atoms with E-state index in [0.29, 0.717) is 29.9 Å². The lowest BCUT2D eigenvalue weighted by molar-refractivity contribution is 0.329. The molecule has 0 aliphatic heterocycles. The Labute approximate surface area is 123 Å². The molecule has 20 heavy (non-hydrogen) atoms. The molecule has 104 valence electrons. The average molecular weight is 290 g/mol. The first-order valence-electron chi connectivity index (χ1n) is 6.25. The Bertz CT molecular complexity index is 572. The molecule has 0 heterocycles. The number of ether oxygens (including phenoxy) is 1. The third-order valence-corrected chi connectivity index (χ3v) is 2.83. The van der Waals surface area contributed by atoms with Crippen molar-refractivity contribution in [3.8, 4) is 5.75 Å². The molecule has 0 radical (unpaired) electrons. The third-order valence-electron chi connectivity index (χ3n) is 2.51. The number of halogens is 1. The molecule has 4 nitrogen and oxygen atoms in total. The number of benzene rings is 2. The van der Waals surface area contributed by atoms with Crippen LogP contribution in [0.15, 0.2) is 59.6 Å². The van der Waals surface area contributed by atoms with E-state index in [-0.39, 0.29) is 0 Å². The normalized spacial score (nSPS) is 11.2. The van der Waals surface area contributed by atoms with E-state index in [4.69, 9.17) is 22.1 Å². The fourth-order valence-corrected chi connectivity index (χ4v) is 1.78. The van der Waals surface area contributed by atoms with Crippen molar-refractivity contribution in [1.82, 2.24) is 0 Å². The highest BCUT2D eigenvalue weighted by atomic mass is 35.5. The second-order valence-corrected chi connectivity index (χ2v) is 4.44. The van der Waals surface area contributed by atoms with Gasteiger partial charge in [-0.2, -0.15) is 0 Å². The summed E-state index contributed by atoms with van der Waals surface area (Å²) in [5.41, 5.74) is 6.68. The van der Waals surface area contributed by atoms with E-state index in [2.05, 4.69) is 10.3 Å². The Hall–Kier alpha value is -2.20. The third kappa shape index (κ3) is 4.48. The van der Waals surface area contributed by atoms with E-state index >= 15 is 0 Å². The highest BCUT2D eigenvalue weighted by Gasteiger charge is 1.99. The van der Waals surface area contributed by atoms with Crippen LogP contribution in [0.3, 0.4) is 0 Å². The number of anilines is 1. The zero-order chi connectivity index (χ0) is 14.2. The van der Waals surface area contributed by atoms with Crippen LogP contribution < -0.4 is 15.8 Å². The summed E-state index contributed by atoms with van der Waals surface area (Å²) in [6.45, 7) is 0.873. The molecule has 2 aromatic carbocycles. The van der Waals surface area contributed by atoms with Gasteiger partial charge >= 0.3 is 0 Å². The van der Waals surface area contributed by atoms with E-state index in [1.54, 1.807) is 6.07 Å². The number of nitrogens with zero attached hydrogens (tertiary/aromatic N) is 1. The zero-order valence-electron chi connectivity index (χ0n) is 10.9. The van der Waals surface area contributed by atoms with Crippen molar-refractivity contribution in [3.63, 3.8) is 0 Å². The Balaban J connectivity index is 1.77. The Morgan fingerprint density at radius 3 is 2.55 bits per heavy atom. The van der Waals surface area contributed by atoms with Crippen molar-refractivity contribution in [1.29, 1.82) is 0 Å². The van der Waals surface area contributed by atoms with Crippen molar-refractivity contribution in [2.75, 3.05) is 18.5 Å². The number of nitrogens with two attached hydrogens (primary N) is 1. The minimum absolute atomic E-state index is 0.360. The Kier molecular flexibility index (Phi) is 5.26. The van der Waals surface area contributed by atoms with Crippen LogP contribution in [-0.2, 0) is 0 Å². The standard InChI is InChI=1S/C15H16ClN3O/c16-13-8-4-5-9-14(13)20-11-10-18-15(17)19-12-6-2-1-3-7-12/h1-9H,10-11H2,(H3,17,18,19). The van der Waals surface area contributed by atoms with Gasteiger partial charge in [-0.3, -0.25) is 0 Å². The van der Waals surface area contributed by atoms with Crippen LogP contribution in [0.1, 0.15) is 0 Å². The fourth-order valence-electron chi connectivity index (χ4n) is 1.59. The van der Waals surface area contributed by atoms with E-state index < -0.39 is 0 Å². The number of rotatable bonds is 5. The minimum Gasteiger partial charge on any atom is -0.490 e. The summed E-state index contributed by atoms with van der Waals surface area (Å²) in [4.78, 5) is 4.18. The van der Waals surface area contributed by atoms with Gasteiger partial charge in [-0.05, 0) is 24.3 Å². The number of guanidine groups is 1. The van der Waals surface area contributed by atoms with Gasteiger partial charge in [0.2, 0.25) is 0 Å². The monoisotopic (exact) mass is 289 g/mol. The highest BCUT2D eigenvalue weighted by molar-refractivity contribution is 6.32. The number of nitrogens with one attached hydrogen (secondary N) is 1. The molecule has 0 aliphatic carbocycles. The van der Waals surface area contributed by atoms with E-state index in [0.717, 1.165) is 5.69 Å². The SMILES string of the molecule is NC(=NCCOc1ccccc1Cl)Nc1ccccc1. The Morgan fingerprint density at radius 2 is 1.80 bits per heavy atom. The van der Waals surface area contributed by atoms with Crippen LogP contribution >= 0.6 is 11.6 Å². The second-order valence-electron chi connectivity index (χ2n) is 4.04. The lowest BCUT2D eigenvalue weighted by atomic mass is 10.3. The van der Waals surface area contributed by atoms with Gasteiger partial charge in [-0.25, -0.2) is 4.99 Å². The lowest BCUT2D eigenvalue weighted by Crippen LogP contribution is -2.23. The largest absolute Gasteiger partial charge is 0.490 e. The fraction of sp³-hybridized carbons (Fsp3) is 0.133. The molecule has 0 saturated carbocycles. The van der Waals surface area contributed by atoms with E-state index in [9.17, 15) is 0 Å². The number of hydrogen-bond acceptors (Lipinski definition) is 2. The predicted octanol–water partition coefficient (Wildman–Crippen LogP) is 3.15. The molecule has 0 unspecified atom stereocenters. The summed E-state index contributed by atoms with van der Waals surface area (Å²) in [6, 6.07) is 17.0. The van der Waals surface area contributed by atoms with Crippen molar-refractivity contribution < 1.29 is 4.74 Å². The first kappa shape index (κ1) is 14.2. The van der Waals surface area contributed by atoms with Gasteiger partial charge < -0.3 is 15.8 Å². The summed E-state index contributed by atoms with van der Waals surface area (Å²) in [7, 11) is 0. The average Bonchev–Trinajstić information content (AvgIpc) is 2.46. The number of para-hydroxylation sites is 2. The van der Waals surface area contributed by atoms with Gasteiger partial charge in [0.15, 0.2) is 5.96 Å². The van der Waals surface area contributed by atoms with Crippen molar-refractivity contribution >= 4 is 23.2 Å². The molecule has 0 saturated heterocycles. The second kappa shape index (κ2) is 7.40. The van der Waals surface area contributed by atoms with Gasteiger partial charge in [0.05, 0.1) is 11.6 Å². The van der Waals surface area contributed by atoms with Crippen molar-refractivity contribution in [3.05, 3.63) is 59.6 Å². The van der Waals surface area contributed by atoms with Crippen LogP contribution in [0.2, 0.25) is 5.02 Å². The highest BCUT2D eigenvalue weighted by Crippen LogP contribution is 2.22. The maximum absolute atomic E-state index is 5.98. The summed E-state index contributed by atoms with van der Waals surface area (Å²) in [5.74, 6) is 1.01. The topological polar surface area (TPSA) is 59.6 Å². The molecule has 2 aromatic rings. The van der Waals surface area contributed by atoms with Crippen LogP contribution in [0, 0.1) is 0 Å². The van der Waals surface area contributed by atoms with E-state index in [1.165, 1.54) is 0 Å². The zero-order valence-corrected chi connectivity index (χ0v) is 11.7. The summed E-state index contributed by atoms with van der Waals surface area (Å²) >= 11 is 5.98. The quantitative estimate of drug-likeness (QED) is 0.505. The molecule has 0 aromatic heterocycles. The van der Waals surface area contributed by atoms with Crippen LogP contribution in [0.25, 0.3) is 0 Å². The molecule has 0 fully saturated rings. The molecular weight excluding hydrogens is 274 g/mol.